The molecular formula is C35H45FN3O10P. The van der Waals surface area contributed by atoms with Crippen LogP contribution in [0.5, 0.6) is 5.75 Å². The third kappa shape index (κ3) is 10.7. The maximum atomic E-state index is 13.9. The molecule has 0 spiro atoms. The molecule has 3 aromatic rings. The molecule has 0 bridgehead atoms. The summed E-state index contributed by atoms with van der Waals surface area (Å²) >= 11 is 0. The molecule has 4 N–H and O–H groups in total. The highest BCUT2D eigenvalue weighted by Crippen LogP contribution is 2.37. The van der Waals surface area contributed by atoms with Gasteiger partial charge in [-0.1, -0.05) is 47.0 Å². The highest BCUT2D eigenvalue weighted by molar-refractivity contribution is 7.60. The lowest BCUT2D eigenvalue weighted by Crippen LogP contribution is -2.49. The summed E-state index contributed by atoms with van der Waals surface area (Å²) in [5.41, 5.74) is 0.793. The largest absolute Gasteiger partial charge is 0.494 e. The maximum absolute atomic E-state index is 13.9. The van der Waals surface area contributed by atoms with Gasteiger partial charge < -0.3 is 34.4 Å². The quantitative estimate of drug-likeness (QED) is 0.0411. The van der Waals surface area contributed by atoms with E-state index in [1.54, 1.807) is 27.7 Å². The normalized spacial score (nSPS) is 12.6. The summed E-state index contributed by atoms with van der Waals surface area (Å²) in [6.45, 7) is 9.01. The molecule has 50 heavy (non-hydrogen) atoms. The first-order valence-electron chi connectivity index (χ1n) is 16.5. The first-order valence-corrected chi connectivity index (χ1v) is 18.1. The summed E-state index contributed by atoms with van der Waals surface area (Å²) in [7, 11) is -4.62. The third-order valence-electron chi connectivity index (χ3n) is 7.98. The number of carbonyl (C=O) groups is 4. The van der Waals surface area contributed by atoms with Crippen LogP contribution >= 0.6 is 7.60 Å². The average molecular weight is 718 g/mol. The van der Waals surface area contributed by atoms with Crippen molar-refractivity contribution in [3.63, 3.8) is 0 Å². The third-order valence-corrected chi connectivity index (χ3v) is 8.91. The highest BCUT2D eigenvalue weighted by atomic mass is 31.2. The summed E-state index contributed by atoms with van der Waals surface area (Å²) < 4.78 is 36.9. The molecule has 0 unspecified atom stereocenters. The Kier molecular flexibility index (Phi) is 14.7. The van der Waals surface area contributed by atoms with Crippen LogP contribution < -0.4 is 20.7 Å². The van der Waals surface area contributed by atoms with Gasteiger partial charge in [-0.25, -0.2) is 9.18 Å². The van der Waals surface area contributed by atoms with E-state index in [2.05, 4.69) is 10.6 Å². The Morgan fingerprint density at radius 1 is 1.02 bits per heavy atom. The summed E-state index contributed by atoms with van der Waals surface area (Å²) in [6.07, 6.45) is 3.30. The molecule has 0 fully saturated rings. The van der Waals surface area contributed by atoms with Crippen molar-refractivity contribution < 1.29 is 51.9 Å². The van der Waals surface area contributed by atoms with Crippen molar-refractivity contribution in [1.82, 2.24) is 15.7 Å². The Hall–Kier alpha value is -4.52. The second-order valence-electron chi connectivity index (χ2n) is 11.9. The molecule has 0 aliphatic carbocycles. The number of hydroxylamine groups is 2. The van der Waals surface area contributed by atoms with Crippen LogP contribution in [0.3, 0.4) is 0 Å². The minimum atomic E-state index is -4.62. The lowest BCUT2D eigenvalue weighted by Gasteiger charge is -2.32. The number of halogens is 1. The van der Waals surface area contributed by atoms with Gasteiger partial charge in [-0.05, 0) is 79.8 Å². The van der Waals surface area contributed by atoms with E-state index in [1.807, 2.05) is 6.92 Å². The van der Waals surface area contributed by atoms with Crippen molar-refractivity contribution in [3.05, 3.63) is 71.2 Å². The molecule has 3 amide bonds. The molecule has 272 valence electrons. The number of unbranched alkanes of at least 4 members (excludes halogenated alkanes) is 2. The fourth-order valence-corrected chi connectivity index (χ4v) is 6.06. The Bertz CT molecular complexity index is 1690. The van der Waals surface area contributed by atoms with E-state index >= 15 is 0 Å². The summed E-state index contributed by atoms with van der Waals surface area (Å²) in [5.74, 6) is -3.31. The van der Waals surface area contributed by atoms with Crippen LogP contribution in [0.15, 0.2) is 52.9 Å². The SMILES string of the molecule is CCCCC[C@@H](C(=O)NCNC(=O)c1ccc(-c2cc(OCC)cc(P(=O)(O)O)c2)o1)[C@@H](CC)N(C=O)OC(=O)c1ccc(F)cc1C(C)C. The minimum Gasteiger partial charge on any atom is -0.494 e. The van der Waals surface area contributed by atoms with Crippen LogP contribution in [0.25, 0.3) is 11.3 Å². The Morgan fingerprint density at radius 3 is 2.38 bits per heavy atom. The number of nitrogens with zero attached hydrogens (tertiary/aromatic N) is 1. The maximum Gasteiger partial charge on any atom is 0.363 e. The first-order chi connectivity index (χ1) is 23.7. The molecule has 1 aromatic heterocycles. The number of hydrogen-bond donors (Lipinski definition) is 4. The van der Waals surface area contributed by atoms with Gasteiger partial charge >= 0.3 is 13.6 Å². The van der Waals surface area contributed by atoms with Gasteiger partial charge in [0, 0.05) is 5.56 Å². The summed E-state index contributed by atoms with van der Waals surface area (Å²) in [6, 6.07) is 9.66. The van der Waals surface area contributed by atoms with Crippen molar-refractivity contribution in [1.29, 1.82) is 0 Å². The van der Waals surface area contributed by atoms with Crippen LogP contribution in [-0.4, -0.2) is 58.4 Å². The van der Waals surface area contributed by atoms with Gasteiger partial charge in [0.2, 0.25) is 12.3 Å². The standard InChI is InChI=1S/C35H45FN3O10P/c1-6-9-10-11-28(30(7-2)39(21-40)49-35(43)27-13-12-24(36)18-29(27)22(4)5)33(41)37-20-38-34(42)32-15-14-31(48-32)23-16-25(47-8-3)19-26(17-23)50(44,45)46/h12-19,21-22,28,30H,6-11,20H2,1-5H3,(H,37,41)(H,38,42)(H2,44,45,46)/t28-,30-/m1/s1. The fourth-order valence-electron chi connectivity index (χ4n) is 5.45. The molecule has 2 atom stereocenters. The molecule has 1 heterocycles. The van der Waals surface area contributed by atoms with Gasteiger partial charge in [-0.15, -0.1) is 0 Å². The zero-order valence-electron chi connectivity index (χ0n) is 28.8. The molecule has 3 rings (SSSR count). The van der Waals surface area contributed by atoms with Gasteiger partial charge in [0.1, 0.15) is 17.3 Å². The van der Waals surface area contributed by atoms with Crippen molar-refractivity contribution >= 4 is 37.1 Å². The Labute approximate surface area is 290 Å². The highest BCUT2D eigenvalue weighted by Gasteiger charge is 2.34. The lowest BCUT2D eigenvalue weighted by molar-refractivity contribution is -0.171. The molecule has 0 aliphatic heterocycles. The van der Waals surface area contributed by atoms with Gasteiger partial charge in [-0.3, -0.25) is 18.9 Å². The summed E-state index contributed by atoms with van der Waals surface area (Å²) in [5, 5.41) is 5.76. The van der Waals surface area contributed by atoms with Crippen LogP contribution in [0.1, 0.15) is 99.1 Å². The number of rotatable bonds is 19. The van der Waals surface area contributed by atoms with E-state index in [0.717, 1.165) is 24.0 Å². The molecule has 0 saturated carbocycles. The van der Waals surface area contributed by atoms with Gasteiger partial charge in [-0.2, -0.15) is 5.06 Å². The topological polar surface area (TPSA) is 185 Å². The van der Waals surface area contributed by atoms with E-state index in [9.17, 15) is 37.9 Å². The van der Waals surface area contributed by atoms with Crippen molar-refractivity contribution in [2.75, 3.05) is 13.3 Å². The number of furan rings is 1. The molecule has 0 aliphatic rings. The van der Waals surface area contributed by atoms with Gasteiger partial charge in [0.05, 0.1) is 36.1 Å². The molecule has 0 saturated heterocycles. The first kappa shape index (κ1) is 39.9. The minimum absolute atomic E-state index is 0.100. The smallest absolute Gasteiger partial charge is 0.363 e. The van der Waals surface area contributed by atoms with Crippen molar-refractivity contribution in [3.8, 4) is 17.1 Å². The van der Waals surface area contributed by atoms with E-state index in [1.165, 1.54) is 42.5 Å². The second-order valence-corrected chi connectivity index (χ2v) is 13.5. The van der Waals surface area contributed by atoms with Crippen LogP contribution in [0, 0.1) is 11.7 Å². The molecule has 2 aromatic carbocycles. The zero-order chi connectivity index (χ0) is 37.0. The Morgan fingerprint density at radius 2 is 1.76 bits per heavy atom. The van der Waals surface area contributed by atoms with Crippen LogP contribution in [0.4, 0.5) is 4.39 Å². The predicted molar refractivity (Wildman–Crippen MR) is 183 cm³/mol. The van der Waals surface area contributed by atoms with Crippen LogP contribution in [0.2, 0.25) is 0 Å². The number of ether oxygens (including phenoxy) is 1. The van der Waals surface area contributed by atoms with E-state index in [-0.39, 0.29) is 59.3 Å². The molecule has 15 heteroatoms. The predicted octanol–water partition coefficient (Wildman–Crippen LogP) is 5.42. The Balaban J connectivity index is 1.73. The van der Waals surface area contributed by atoms with Crippen LogP contribution in [-0.2, 0) is 19.0 Å². The average Bonchev–Trinajstić information content (AvgIpc) is 3.57. The number of carbonyl (C=O) groups excluding carboxylic acids is 4. The molecule has 13 nitrogen and oxygen atoms in total. The number of nitrogens with one attached hydrogen (secondary N) is 2. The molecular weight excluding hydrogens is 672 g/mol. The summed E-state index contributed by atoms with van der Waals surface area (Å²) in [4.78, 5) is 76.6. The van der Waals surface area contributed by atoms with E-state index in [4.69, 9.17) is 14.0 Å². The van der Waals surface area contributed by atoms with E-state index < -0.39 is 43.2 Å². The van der Waals surface area contributed by atoms with Gasteiger partial charge in [0.25, 0.3) is 5.91 Å². The number of amides is 3. The monoisotopic (exact) mass is 717 g/mol. The van der Waals surface area contributed by atoms with Gasteiger partial charge in [0.15, 0.2) is 5.76 Å². The number of hydrogen-bond acceptors (Lipinski definition) is 8. The van der Waals surface area contributed by atoms with E-state index in [0.29, 0.717) is 24.8 Å². The molecule has 0 radical (unpaired) electrons. The van der Waals surface area contributed by atoms with Crippen molar-refractivity contribution in [2.24, 2.45) is 5.92 Å². The number of benzene rings is 2. The zero-order valence-corrected chi connectivity index (χ0v) is 29.7. The van der Waals surface area contributed by atoms with Crippen molar-refractivity contribution in [2.45, 2.75) is 78.7 Å². The fraction of sp³-hybridized carbons (Fsp3) is 0.429. The lowest BCUT2D eigenvalue weighted by atomic mass is 9.90. The second kappa shape index (κ2) is 18.5.